The molecule has 1 atom stereocenters. The van der Waals surface area contributed by atoms with E-state index < -0.39 is 0 Å². The van der Waals surface area contributed by atoms with E-state index in [1.54, 1.807) is 6.26 Å². The minimum Gasteiger partial charge on any atom is -0.464 e. The van der Waals surface area contributed by atoms with Gasteiger partial charge in [-0.15, -0.1) is 0 Å². The number of rotatable bonds is 2. The minimum absolute atomic E-state index is 0.505. The summed E-state index contributed by atoms with van der Waals surface area (Å²) in [5, 5.41) is 3.36. The largest absolute Gasteiger partial charge is 0.464 e. The molecule has 2 aromatic rings. The second-order valence-electron chi connectivity index (χ2n) is 4.23. The van der Waals surface area contributed by atoms with Crippen molar-refractivity contribution < 1.29 is 4.42 Å². The van der Waals surface area contributed by atoms with E-state index in [2.05, 4.69) is 23.5 Å². The maximum Gasteiger partial charge on any atom is 0.134 e. The average Bonchev–Trinajstić information content (AvgIpc) is 2.97. The Bertz CT molecular complexity index is 487. The molecule has 1 aliphatic rings. The third kappa shape index (κ3) is 1.38. The predicted molar refractivity (Wildman–Crippen MR) is 64.3 cm³/mol. The van der Waals surface area contributed by atoms with Crippen molar-refractivity contribution in [1.82, 2.24) is 5.32 Å². The number of nitrogens with one attached hydrogen (secondary N) is 1. The van der Waals surface area contributed by atoms with E-state index >= 15 is 0 Å². The van der Waals surface area contributed by atoms with Crippen molar-refractivity contribution in [3.63, 3.8) is 0 Å². The highest BCUT2D eigenvalue weighted by Gasteiger charge is 2.23. The molecule has 0 aliphatic heterocycles. The van der Waals surface area contributed by atoms with Crippen molar-refractivity contribution in [2.75, 3.05) is 7.05 Å². The molecule has 1 aromatic carbocycles. The first-order chi connectivity index (χ1) is 7.90. The Kier molecular flexibility index (Phi) is 2.29. The van der Waals surface area contributed by atoms with Gasteiger partial charge in [0.15, 0.2) is 0 Å². The highest BCUT2D eigenvalue weighted by molar-refractivity contribution is 5.65. The van der Waals surface area contributed by atoms with Gasteiger partial charge in [0, 0.05) is 11.6 Å². The number of benzene rings is 1. The molecule has 1 heterocycles. The Morgan fingerprint density at radius 2 is 2.19 bits per heavy atom. The molecule has 2 nitrogen and oxygen atoms in total. The summed E-state index contributed by atoms with van der Waals surface area (Å²) in [5.74, 6) is 0.980. The molecule has 0 spiro atoms. The van der Waals surface area contributed by atoms with Crippen LogP contribution in [0.3, 0.4) is 0 Å². The molecule has 1 N–H and O–H groups in total. The first-order valence-corrected chi connectivity index (χ1v) is 5.73. The van der Waals surface area contributed by atoms with Gasteiger partial charge in [0.25, 0.3) is 0 Å². The second kappa shape index (κ2) is 3.80. The van der Waals surface area contributed by atoms with Crippen LogP contribution in [0.4, 0.5) is 0 Å². The van der Waals surface area contributed by atoms with E-state index in [9.17, 15) is 0 Å². The first-order valence-electron chi connectivity index (χ1n) is 5.73. The fraction of sp³-hybridized carbons (Fsp3) is 0.286. The Labute approximate surface area is 95.3 Å². The summed E-state index contributed by atoms with van der Waals surface area (Å²) in [4.78, 5) is 0. The molecule has 0 fully saturated rings. The number of furan rings is 1. The van der Waals surface area contributed by atoms with Gasteiger partial charge in [0.05, 0.1) is 6.26 Å². The molecule has 0 amide bonds. The van der Waals surface area contributed by atoms with Crippen molar-refractivity contribution >= 4 is 0 Å². The summed E-state index contributed by atoms with van der Waals surface area (Å²) in [6, 6.07) is 11.0. The maximum atomic E-state index is 5.49. The van der Waals surface area contributed by atoms with Crippen molar-refractivity contribution in [2.24, 2.45) is 0 Å². The van der Waals surface area contributed by atoms with Crippen LogP contribution in [0.15, 0.2) is 41.0 Å². The molecule has 0 saturated heterocycles. The van der Waals surface area contributed by atoms with E-state index in [4.69, 9.17) is 4.42 Å². The Hall–Kier alpha value is -1.54. The van der Waals surface area contributed by atoms with Crippen LogP contribution >= 0.6 is 0 Å². The monoisotopic (exact) mass is 213 g/mol. The Morgan fingerprint density at radius 3 is 2.94 bits per heavy atom. The standard InChI is InChI=1S/C14H15NO/c1-15-13-8-7-10-11(13)4-2-5-12(10)14-6-3-9-16-14/h2-6,9,13,15H,7-8H2,1H3. The van der Waals surface area contributed by atoms with Crippen LogP contribution in [0.1, 0.15) is 23.6 Å². The van der Waals surface area contributed by atoms with Gasteiger partial charge in [-0.25, -0.2) is 0 Å². The molecular weight excluding hydrogens is 198 g/mol. The zero-order chi connectivity index (χ0) is 11.0. The summed E-state index contributed by atoms with van der Waals surface area (Å²) < 4.78 is 5.49. The SMILES string of the molecule is CNC1CCc2c(-c3ccco3)cccc21. The molecule has 16 heavy (non-hydrogen) atoms. The smallest absolute Gasteiger partial charge is 0.134 e. The van der Waals surface area contributed by atoms with Gasteiger partial charge in [-0.3, -0.25) is 0 Å². The topological polar surface area (TPSA) is 25.2 Å². The first kappa shape index (κ1) is 9.67. The summed E-state index contributed by atoms with van der Waals surface area (Å²) in [5.41, 5.74) is 4.12. The lowest BCUT2D eigenvalue weighted by Crippen LogP contribution is -2.12. The van der Waals surface area contributed by atoms with Crippen LogP contribution in [-0.2, 0) is 6.42 Å². The molecular formula is C14H15NO. The summed E-state index contributed by atoms with van der Waals surface area (Å²) >= 11 is 0. The van der Waals surface area contributed by atoms with Crippen molar-refractivity contribution in [2.45, 2.75) is 18.9 Å². The van der Waals surface area contributed by atoms with Crippen LogP contribution in [0.25, 0.3) is 11.3 Å². The lowest BCUT2D eigenvalue weighted by Gasteiger charge is -2.10. The minimum atomic E-state index is 0.505. The third-order valence-corrected chi connectivity index (χ3v) is 3.41. The third-order valence-electron chi connectivity index (χ3n) is 3.41. The normalized spacial score (nSPS) is 18.7. The van der Waals surface area contributed by atoms with Gasteiger partial charge in [0.2, 0.25) is 0 Å². The number of hydrogen-bond acceptors (Lipinski definition) is 2. The van der Waals surface area contributed by atoms with Gasteiger partial charge in [-0.1, -0.05) is 18.2 Å². The molecule has 1 unspecified atom stereocenters. The zero-order valence-corrected chi connectivity index (χ0v) is 9.36. The van der Waals surface area contributed by atoms with Crippen LogP contribution in [-0.4, -0.2) is 7.05 Å². The van der Waals surface area contributed by atoms with Gasteiger partial charge in [0.1, 0.15) is 5.76 Å². The Morgan fingerprint density at radius 1 is 1.25 bits per heavy atom. The van der Waals surface area contributed by atoms with E-state index in [1.165, 1.54) is 23.1 Å². The lowest BCUT2D eigenvalue weighted by molar-refractivity contribution is 0.581. The van der Waals surface area contributed by atoms with Gasteiger partial charge in [-0.05, 0) is 43.1 Å². The highest BCUT2D eigenvalue weighted by atomic mass is 16.3. The lowest BCUT2D eigenvalue weighted by atomic mass is 10.0. The van der Waals surface area contributed by atoms with Crippen LogP contribution < -0.4 is 5.32 Å². The quantitative estimate of drug-likeness (QED) is 0.829. The summed E-state index contributed by atoms with van der Waals surface area (Å²) in [6.07, 6.45) is 4.06. The van der Waals surface area contributed by atoms with Crippen molar-refractivity contribution in [3.8, 4) is 11.3 Å². The number of fused-ring (bicyclic) bond motifs is 1. The molecule has 2 heteroatoms. The van der Waals surface area contributed by atoms with Gasteiger partial charge in [-0.2, -0.15) is 0 Å². The average molecular weight is 213 g/mol. The van der Waals surface area contributed by atoms with E-state index in [-0.39, 0.29) is 0 Å². The van der Waals surface area contributed by atoms with Crippen LogP contribution in [0.2, 0.25) is 0 Å². The molecule has 1 aliphatic carbocycles. The summed E-state index contributed by atoms with van der Waals surface area (Å²) in [6.45, 7) is 0. The van der Waals surface area contributed by atoms with Crippen LogP contribution in [0, 0.1) is 0 Å². The molecule has 82 valence electrons. The van der Waals surface area contributed by atoms with Crippen LogP contribution in [0.5, 0.6) is 0 Å². The fourth-order valence-corrected chi connectivity index (χ4v) is 2.62. The maximum absolute atomic E-state index is 5.49. The van der Waals surface area contributed by atoms with Gasteiger partial charge >= 0.3 is 0 Å². The van der Waals surface area contributed by atoms with E-state index in [0.717, 1.165) is 12.2 Å². The summed E-state index contributed by atoms with van der Waals surface area (Å²) in [7, 11) is 2.03. The zero-order valence-electron chi connectivity index (χ0n) is 9.36. The van der Waals surface area contributed by atoms with Gasteiger partial charge < -0.3 is 9.73 Å². The molecule has 0 bridgehead atoms. The Balaban J connectivity index is 2.12. The highest BCUT2D eigenvalue weighted by Crippen LogP contribution is 2.37. The number of hydrogen-bond donors (Lipinski definition) is 1. The fourth-order valence-electron chi connectivity index (χ4n) is 2.62. The van der Waals surface area contributed by atoms with Crippen molar-refractivity contribution in [3.05, 3.63) is 47.7 Å². The van der Waals surface area contributed by atoms with E-state index in [1.807, 2.05) is 19.2 Å². The molecule has 0 saturated carbocycles. The molecule has 0 radical (unpaired) electrons. The van der Waals surface area contributed by atoms with E-state index in [0.29, 0.717) is 6.04 Å². The molecule has 1 aromatic heterocycles. The molecule has 3 rings (SSSR count). The van der Waals surface area contributed by atoms with Crippen molar-refractivity contribution in [1.29, 1.82) is 0 Å². The second-order valence-corrected chi connectivity index (χ2v) is 4.23. The predicted octanol–water partition coefficient (Wildman–Crippen LogP) is 3.15.